The van der Waals surface area contributed by atoms with E-state index in [1.165, 1.54) is 0 Å². The van der Waals surface area contributed by atoms with E-state index in [1.807, 2.05) is 32.2 Å². The molecule has 3 heteroatoms. The molecule has 0 aliphatic rings. The van der Waals surface area contributed by atoms with Gasteiger partial charge in [0.15, 0.2) is 0 Å². The molecule has 0 radical (unpaired) electrons. The second-order valence-corrected chi connectivity index (χ2v) is 3.68. The van der Waals surface area contributed by atoms with Gasteiger partial charge in [-0.25, -0.2) is 4.98 Å². The van der Waals surface area contributed by atoms with E-state index in [-0.39, 0.29) is 0 Å². The average Bonchev–Trinajstić information content (AvgIpc) is 2.16. The molecule has 2 aromatic rings. The SMILES string of the molecule is CNc1nc2ccc(Cl)cc2cc1C. The molecule has 2 nitrogen and oxygen atoms in total. The van der Waals surface area contributed by atoms with E-state index in [0.29, 0.717) is 0 Å². The number of benzene rings is 1. The van der Waals surface area contributed by atoms with Gasteiger partial charge in [0.1, 0.15) is 5.82 Å². The molecule has 72 valence electrons. The van der Waals surface area contributed by atoms with Crippen LogP contribution in [0.4, 0.5) is 5.82 Å². The van der Waals surface area contributed by atoms with Gasteiger partial charge in [-0.15, -0.1) is 0 Å². The van der Waals surface area contributed by atoms with Gasteiger partial charge in [0, 0.05) is 17.5 Å². The Morgan fingerprint density at radius 2 is 2.07 bits per heavy atom. The smallest absolute Gasteiger partial charge is 0.129 e. The molecule has 0 saturated heterocycles. The number of nitrogens with zero attached hydrogens (tertiary/aromatic N) is 1. The third-order valence-electron chi connectivity index (χ3n) is 2.20. The molecule has 14 heavy (non-hydrogen) atoms. The fraction of sp³-hybridized carbons (Fsp3) is 0.182. The first kappa shape index (κ1) is 9.28. The Morgan fingerprint density at radius 3 is 2.79 bits per heavy atom. The quantitative estimate of drug-likeness (QED) is 0.775. The fourth-order valence-electron chi connectivity index (χ4n) is 1.51. The molecule has 1 N–H and O–H groups in total. The van der Waals surface area contributed by atoms with Crippen LogP contribution in [0.2, 0.25) is 5.02 Å². The molecule has 0 amide bonds. The lowest BCUT2D eigenvalue weighted by Gasteiger charge is -2.06. The second-order valence-electron chi connectivity index (χ2n) is 3.24. The number of fused-ring (bicyclic) bond motifs is 1. The maximum absolute atomic E-state index is 5.90. The number of hydrogen-bond acceptors (Lipinski definition) is 2. The molecule has 1 heterocycles. The van der Waals surface area contributed by atoms with Gasteiger partial charge in [0.05, 0.1) is 5.52 Å². The van der Waals surface area contributed by atoms with Crippen LogP contribution in [0.1, 0.15) is 5.56 Å². The predicted molar refractivity (Wildman–Crippen MR) is 61.0 cm³/mol. The molecule has 1 aromatic carbocycles. The highest BCUT2D eigenvalue weighted by atomic mass is 35.5. The summed E-state index contributed by atoms with van der Waals surface area (Å²) in [7, 11) is 1.87. The maximum Gasteiger partial charge on any atom is 0.129 e. The van der Waals surface area contributed by atoms with Crippen molar-refractivity contribution in [3.63, 3.8) is 0 Å². The number of halogens is 1. The average molecular weight is 207 g/mol. The van der Waals surface area contributed by atoms with Crippen LogP contribution in [-0.4, -0.2) is 12.0 Å². The number of nitrogens with one attached hydrogen (secondary N) is 1. The molecule has 0 saturated carbocycles. The first-order valence-corrected chi connectivity index (χ1v) is 4.83. The molecule has 0 fully saturated rings. The molecule has 1 aromatic heterocycles. The zero-order valence-electron chi connectivity index (χ0n) is 8.13. The van der Waals surface area contributed by atoms with Gasteiger partial charge in [-0.2, -0.15) is 0 Å². The number of rotatable bonds is 1. The highest BCUT2D eigenvalue weighted by Gasteiger charge is 2.01. The Hall–Kier alpha value is -1.28. The molecule has 0 atom stereocenters. The first-order chi connectivity index (χ1) is 6.70. The molecule has 0 bridgehead atoms. The summed E-state index contributed by atoms with van der Waals surface area (Å²) >= 11 is 5.90. The van der Waals surface area contributed by atoms with E-state index in [1.54, 1.807) is 0 Å². The number of aromatic nitrogens is 1. The minimum atomic E-state index is 0.746. The van der Waals surface area contributed by atoms with E-state index in [9.17, 15) is 0 Å². The molecule has 2 rings (SSSR count). The van der Waals surface area contributed by atoms with E-state index < -0.39 is 0 Å². The molecular weight excluding hydrogens is 196 g/mol. The van der Waals surface area contributed by atoms with Crippen LogP contribution in [0.3, 0.4) is 0 Å². The van der Waals surface area contributed by atoms with Gasteiger partial charge in [-0.1, -0.05) is 11.6 Å². The van der Waals surface area contributed by atoms with Crippen molar-refractivity contribution in [3.8, 4) is 0 Å². The van der Waals surface area contributed by atoms with Crippen molar-refractivity contribution >= 4 is 28.3 Å². The van der Waals surface area contributed by atoms with Gasteiger partial charge in [0.2, 0.25) is 0 Å². The van der Waals surface area contributed by atoms with Gasteiger partial charge in [0.25, 0.3) is 0 Å². The predicted octanol–water partition coefficient (Wildman–Crippen LogP) is 3.24. The van der Waals surface area contributed by atoms with Gasteiger partial charge < -0.3 is 5.32 Å². The van der Waals surface area contributed by atoms with E-state index in [0.717, 1.165) is 27.3 Å². The lowest BCUT2D eigenvalue weighted by molar-refractivity contribution is 1.29. The molecular formula is C11H11ClN2. The molecule has 0 spiro atoms. The van der Waals surface area contributed by atoms with E-state index in [4.69, 9.17) is 11.6 Å². The zero-order chi connectivity index (χ0) is 10.1. The van der Waals surface area contributed by atoms with Gasteiger partial charge >= 0.3 is 0 Å². The summed E-state index contributed by atoms with van der Waals surface area (Å²) in [6, 6.07) is 7.79. The highest BCUT2D eigenvalue weighted by Crippen LogP contribution is 2.22. The summed E-state index contributed by atoms with van der Waals surface area (Å²) < 4.78 is 0. The molecule has 0 aliphatic carbocycles. The van der Waals surface area contributed by atoms with Crippen LogP contribution in [0.15, 0.2) is 24.3 Å². The summed E-state index contributed by atoms with van der Waals surface area (Å²) in [6.07, 6.45) is 0. The summed E-state index contributed by atoms with van der Waals surface area (Å²) in [5, 5.41) is 4.88. The maximum atomic E-state index is 5.90. The van der Waals surface area contributed by atoms with Crippen molar-refractivity contribution in [2.75, 3.05) is 12.4 Å². The van der Waals surface area contributed by atoms with Crippen LogP contribution >= 0.6 is 11.6 Å². The van der Waals surface area contributed by atoms with Crippen LogP contribution in [0.25, 0.3) is 10.9 Å². The highest BCUT2D eigenvalue weighted by molar-refractivity contribution is 6.31. The Bertz CT molecular complexity index is 480. The Kier molecular flexibility index (Phi) is 2.30. The zero-order valence-corrected chi connectivity index (χ0v) is 8.89. The van der Waals surface area contributed by atoms with Crippen molar-refractivity contribution in [1.82, 2.24) is 4.98 Å². The van der Waals surface area contributed by atoms with Crippen LogP contribution in [0, 0.1) is 6.92 Å². The van der Waals surface area contributed by atoms with Crippen LogP contribution in [0.5, 0.6) is 0 Å². The van der Waals surface area contributed by atoms with E-state index in [2.05, 4.69) is 16.4 Å². The van der Waals surface area contributed by atoms with Crippen molar-refractivity contribution < 1.29 is 0 Å². The normalized spacial score (nSPS) is 10.5. The van der Waals surface area contributed by atoms with Crippen molar-refractivity contribution in [2.45, 2.75) is 6.92 Å². The first-order valence-electron chi connectivity index (χ1n) is 4.45. The third-order valence-corrected chi connectivity index (χ3v) is 2.44. The van der Waals surface area contributed by atoms with Crippen LogP contribution in [-0.2, 0) is 0 Å². The number of anilines is 1. The van der Waals surface area contributed by atoms with Crippen LogP contribution < -0.4 is 5.32 Å². The topological polar surface area (TPSA) is 24.9 Å². The monoisotopic (exact) mass is 206 g/mol. The molecule has 0 aliphatic heterocycles. The summed E-state index contributed by atoms with van der Waals surface area (Å²) in [6.45, 7) is 2.03. The Morgan fingerprint density at radius 1 is 1.29 bits per heavy atom. The number of aryl methyl sites for hydroxylation is 1. The largest absolute Gasteiger partial charge is 0.373 e. The Balaban J connectivity index is 2.73. The lowest BCUT2D eigenvalue weighted by atomic mass is 10.1. The summed E-state index contributed by atoms with van der Waals surface area (Å²) in [5.41, 5.74) is 2.09. The molecule has 0 unspecified atom stereocenters. The van der Waals surface area contributed by atoms with E-state index >= 15 is 0 Å². The summed E-state index contributed by atoms with van der Waals surface area (Å²) in [5.74, 6) is 0.917. The third kappa shape index (κ3) is 1.53. The number of hydrogen-bond donors (Lipinski definition) is 1. The summed E-state index contributed by atoms with van der Waals surface area (Å²) in [4.78, 5) is 4.46. The minimum absolute atomic E-state index is 0.746. The standard InChI is InChI=1S/C11H11ClN2/c1-7-5-8-6-9(12)3-4-10(8)14-11(7)13-2/h3-6H,1-2H3,(H,13,14). The number of pyridine rings is 1. The second kappa shape index (κ2) is 3.46. The lowest BCUT2D eigenvalue weighted by Crippen LogP contribution is -1.95. The minimum Gasteiger partial charge on any atom is -0.373 e. The fourth-order valence-corrected chi connectivity index (χ4v) is 1.69. The van der Waals surface area contributed by atoms with Gasteiger partial charge in [-0.3, -0.25) is 0 Å². The Labute approximate surface area is 87.9 Å². The van der Waals surface area contributed by atoms with Crippen molar-refractivity contribution in [1.29, 1.82) is 0 Å². The van der Waals surface area contributed by atoms with Crippen molar-refractivity contribution in [2.24, 2.45) is 0 Å². The van der Waals surface area contributed by atoms with Gasteiger partial charge in [-0.05, 0) is 36.8 Å². The van der Waals surface area contributed by atoms with Crippen molar-refractivity contribution in [3.05, 3.63) is 34.9 Å².